The fraction of sp³-hybridized carbons (Fsp3) is 0.211. The number of hydrogen-bond donors (Lipinski definition) is 1. The summed E-state index contributed by atoms with van der Waals surface area (Å²) in [6.07, 6.45) is 4.83. The van der Waals surface area contributed by atoms with Crippen LogP contribution in [0.15, 0.2) is 94.2 Å². The summed E-state index contributed by atoms with van der Waals surface area (Å²) in [5, 5.41) is 7.90. The van der Waals surface area contributed by atoms with Crippen molar-refractivity contribution in [2.24, 2.45) is 5.73 Å². The number of nitrogens with zero attached hydrogens (tertiary/aromatic N) is 7. The van der Waals surface area contributed by atoms with Gasteiger partial charge in [0.1, 0.15) is 23.0 Å². The number of rotatable bonds is 7. The van der Waals surface area contributed by atoms with Gasteiger partial charge in [-0.25, -0.2) is 8.78 Å². The molecule has 2 atom stereocenters. The van der Waals surface area contributed by atoms with Gasteiger partial charge in [0.15, 0.2) is 0 Å². The van der Waals surface area contributed by atoms with E-state index in [-0.39, 0.29) is 36.1 Å². The van der Waals surface area contributed by atoms with Gasteiger partial charge in [0.05, 0.1) is 12.1 Å². The van der Waals surface area contributed by atoms with Crippen LogP contribution in [0.4, 0.5) is 8.78 Å². The summed E-state index contributed by atoms with van der Waals surface area (Å²) in [5.74, 6) is 12.9. The third-order valence-corrected chi connectivity index (χ3v) is 7.27. The van der Waals surface area contributed by atoms with E-state index in [4.69, 9.17) is 14.8 Å². The summed E-state index contributed by atoms with van der Waals surface area (Å²) < 4.78 is 36.8. The maximum Gasteiger partial charge on any atom is 0.244 e. The molecule has 0 radical (unpaired) electrons. The molecule has 2 N–H and O–H groups in total. The largest absolute Gasteiger partial charge is 0.337 e. The average Bonchev–Trinajstić information content (AvgIpc) is 3.82. The number of aromatic nitrogens is 6. The first kappa shape index (κ1) is 38.0. The number of pyridine rings is 2. The molecule has 0 spiro atoms. The Morgan fingerprint density at radius 3 is 1.55 bits per heavy atom. The van der Waals surface area contributed by atoms with Gasteiger partial charge in [-0.2, -0.15) is 9.97 Å². The highest BCUT2D eigenvalue weighted by Gasteiger charge is 2.20. The zero-order chi connectivity index (χ0) is 35.5. The highest BCUT2D eigenvalue weighted by Crippen LogP contribution is 2.23. The predicted octanol–water partition coefficient (Wildman–Crippen LogP) is 7.19. The van der Waals surface area contributed by atoms with Crippen molar-refractivity contribution in [2.75, 3.05) is 14.1 Å². The van der Waals surface area contributed by atoms with Crippen molar-refractivity contribution in [3.63, 3.8) is 0 Å². The van der Waals surface area contributed by atoms with Crippen molar-refractivity contribution >= 4 is 12.4 Å². The molecule has 0 aliphatic heterocycles. The summed E-state index contributed by atoms with van der Waals surface area (Å²) in [6, 6.07) is 19.3. The van der Waals surface area contributed by atoms with E-state index in [1.165, 1.54) is 24.3 Å². The SMILES string of the molecule is CCC(N)c1nc(-c2ccc(C#Cc3cccc(F)c3)cn2)no1.CCC(c1nc(-c2ccc(C#Cc3cccc(F)c3)cn2)no1)N(C)C.Cl. The zero-order valence-corrected chi connectivity index (χ0v) is 29.2. The Morgan fingerprint density at radius 1 is 0.667 bits per heavy atom. The molecule has 6 aromatic rings. The Bertz CT molecular complexity index is 2150. The van der Waals surface area contributed by atoms with Gasteiger partial charge in [0, 0.05) is 34.6 Å². The summed E-state index contributed by atoms with van der Waals surface area (Å²) in [4.78, 5) is 19.3. The molecular weight excluding hydrogens is 674 g/mol. The van der Waals surface area contributed by atoms with Gasteiger partial charge in [-0.1, -0.05) is 60.0 Å². The van der Waals surface area contributed by atoms with Gasteiger partial charge < -0.3 is 14.8 Å². The molecule has 0 bridgehead atoms. The molecule has 2 unspecified atom stereocenters. The van der Waals surface area contributed by atoms with E-state index in [1.807, 2.05) is 32.0 Å². The summed E-state index contributed by atoms with van der Waals surface area (Å²) in [7, 11) is 3.95. The quantitative estimate of drug-likeness (QED) is 0.170. The van der Waals surface area contributed by atoms with Crippen LogP contribution in [0, 0.1) is 35.3 Å². The molecule has 6 rings (SSSR count). The molecule has 4 heterocycles. The molecule has 260 valence electrons. The van der Waals surface area contributed by atoms with E-state index in [0.717, 1.165) is 12.0 Å². The van der Waals surface area contributed by atoms with Crippen LogP contribution in [-0.4, -0.2) is 49.2 Å². The van der Waals surface area contributed by atoms with E-state index in [1.54, 1.807) is 54.9 Å². The summed E-state index contributed by atoms with van der Waals surface area (Å²) in [6.45, 7) is 4.01. The zero-order valence-electron chi connectivity index (χ0n) is 28.3. The van der Waals surface area contributed by atoms with Crippen molar-refractivity contribution in [1.29, 1.82) is 0 Å². The summed E-state index contributed by atoms with van der Waals surface area (Å²) >= 11 is 0. The third kappa shape index (κ3) is 10.6. The van der Waals surface area contributed by atoms with Crippen molar-refractivity contribution in [3.8, 4) is 46.7 Å². The third-order valence-electron chi connectivity index (χ3n) is 7.27. The summed E-state index contributed by atoms with van der Waals surface area (Å²) in [5.41, 5.74) is 9.70. The lowest BCUT2D eigenvalue weighted by Gasteiger charge is -2.17. The lowest BCUT2D eigenvalue weighted by atomic mass is 10.2. The van der Waals surface area contributed by atoms with Crippen molar-refractivity contribution in [2.45, 2.75) is 38.8 Å². The topological polar surface area (TPSA) is 133 Å². The van der Waals surface area contributed by atoms with Crippen LogP contribution in [0.5, 0.6) is 0 Å². The van der Waals surface area contributed by atoms with Crippen LogP contribution in [-0.2, 0) is 0 Å². The van der Waals surface area contributed by atoms with Crippen LogP contribution in [0.2, 0.25) is 0 Å². The van der Waals surface area contributed by atoms with Gasteiger partial charge >= 0.3 is 0 Å². The molecular formula is C38H35ClF2N8O2. The standard InChI is InChI=1S/C20H19FN4O.C18H15FN4O.ClH/c1-4-18(25(2)3)20-23-19(24-26-20)17-11-10-15(13-22-17)9-8-14-6-5-7-16(21)12-14;1-2-15(20)18-22-17(23-24-18)16-9-8-13(11-21-16)7-6-12-4-3-5-14(19)10-12;/h5-7,10-13,18H,4H2,1-3H3;3-5,8-11,15H,2,20H2,1H3;1H. The highest BCUT2D eigenvalue weighted by atomic mass is 35.5. The predicted molar refractivity (Wildman–Crippen MR) is 191 cm³/mol. The van der Waals surface area contributed by atoms with Crippen LogP contribution >= 0.6 is 12.4 Å². The molecule has 0 aliphatic carbocycles. The molecule has 0 amide bonds. The second-order valence-electron chi connectivity index (χ2n) is 11.2. The molecule has 13 heteroatoms. The Kier molecular flexibility index (Phi) is 13.6. The van der Waals surface area contributed by atoms with E-state index >= 15 is 0 Å². The lowest BCUT2D eigenvalue weighted by Crippen LogP contribution is -2.19. The molecule has 0 aliphatic rings. The van der Waals surface area contributed by atoms with E-state index in [0.29, 0.717) is 57.9 Å². The van der Waals surface area contributed by atoms with Gasteiger partial charge in [0.2, 0.25) is 23.4 Å². The maximum atomic E-state index is 13.2. The van der Waals surface area contributed by atoms with Gasteiger partial charge in [0.25, 0.3) is 0 Å². The van der Waals surface area contributed by atoms with Crippen LogP contribution in [0.25, 0.3) is 23.0 Å². The Labute approximate surface area is 300 Å². The average molecular weight is 709 g/mol. The lowest BCUT2D eigenvalue weighted by molar-refractivity contribution is 0.224. The normalized spacial score (nSPS) is 11.5. The highest BCUT2D eigenvalue weighted by molar-refractivity contribution is 5.85. The van der Waals surface area contributed by atoms with Crippen LogP contribution in [0.1, 0.15) is 72.8 Å². The molecule has 0 saturated heterocycles. The first-order valence-corrected chi connectivity index (χ1v) is 15.8. The van der Waals surface area contributed by atoms with Gasteiger partial charge in [-0.15, -0.1) is 12.4 Å². The van der Waals surface area contributed by atoms with Gasteiger partial charge in [-0.05, 0) is 87.6 Å². The Morgan fingerprint density at radius 2 is 1.14 bits per heavy atom. The molecule has 2 aromatic carbocycles. The fourth-order valence-electron chi connectivity index (χ4n) is 4.52. The molecule has 10 nitrogen and oxygen atoms in total. The first-order valence-electron chi connectivity index (χ1n) is 15.8. The number of halogens is 3. The van der Waals surface area contributed by atoms with E-state index in [2.05, 4.69) is 60.9 Å². The number of nitrogens with two attached hydrogens (primary N) is 1. The molecule has 51 heavy (non-hydrogen) atoms. The fourth-order valence-corrected chi connectivity index (χ4v) is 4.52. The smallest absolute Gasteiger partial charge is 0.244 e. The van der Waals surface area contributed by atoms with Crippen LogP contribution < -0.4 is 5.73 Å². The van der Waals surface area contributed by atoms with E-state index < -0.39 is 0 Å². The maximum absolute atomic E-state index is 13.2. The Hall–Kier alpha value is -5.79. The molecule has 0 fully saturated rings. The minimum absolute atomic E-state index is 0. The number of hydrogen-bond acceptors (Lipinski definition) is 10. The minimum atomic E-state index is -0.312. The minimum Gasteiger partial charge on any atom is -0.337 e. The monoisotopic (exact) mass is 708 g/mol. The first-order chi connectivity index (χ1) is 24.2. The van der Waals surface area contributed by atoms with E-state index in [9.17, 15) is 8.78 Å². The molecule has 4 aromatic heterocycles. The second-order valence-corrected chi connectivity index (χ2v) is 11.2. The molecule has 0 saturated carbocycles. The van der Waals surface area contributed by atoms with Crippen molar-refractivity contribution in [1.82, 2.24) is 35.1 Å². The van der Waals surface area contributed by atoms with Crippen molar-refractivity contribution in [3.05, 3.63) is 131 Å². The second kappa shape index (κ2) is 18.3. The number of benzene rings is 2. The Balaban J connectivity index is 0.000000225. The van der Waals surface area contributed by atoms with Crippen molar-refractivity contribution < 1.29 is 17.8 Å². The van der Waals surface area contributed by atoms with Crippen LogP contribution in [0.3, 0.4) is 0 Å². The van der Waals surface area contributed by atoms with Gasteiger partial charge in [-0.3, -0.25) is 14.9 Å².